The molecule has 1 heterocycles. The first kappa shape index (κ1) is 13.7. The van der Waals surface area contributed by atoms with Gasteiger partial charge in [-0.2, -0.15) is 0 Å². The van der Waals surface area contributed by atoms with Crippen molar-refractivity contribution in [3.05, 3.63) is 63.7 Å². The van der Waals surface area contributed by atoms with Crippen LogP contribution in [0, 0.1) is 6.92 Å². The Morgan fingerprint density at radius 2 is 1.90 bits per heavy atom. The first-order valence-electron chi connectivity index (χ1n) is 5.95. The van der Waals surface area contributed by atoms with E-state index in [0.717, 1.165) is 0 Å². The SMILES string of the molecule is CN=C(C(=O)c1ccccc1)c1c(O)cc(C)oc1=O. The number of ketones is 1. The van der Waals surface area contributed by atoms with Crippen LogP contribution in [0.25, 0.3) is 0 Å². The molecule has 0 saturated heterocycles. The highest BCUT2D eigenvalue weighted by Gasteiger charge is 2.23. The van der Waals surface area contributed by atoms with Crippen LogP contribution in [0.2, 0.25) is 0 Å². The second kappa shape index (κ2) is 5.52. The lowest BCUT2D eigenvalue weighted by molar-refractivity contribution is 0.106. The van der Waals surface area contributed by atoms with E-state index in [0.29, 0.717) is 5.56 Å². The molecular formula is C15H13NO4. The number of nitrogens with zero attached hydrogens (tertiary/aromatic N) is 1. The Hall–Kier alpha value is -2.69. The van der Waals surface area contributed by atoms with Crippen LogP contribution in [-0.4, -0.2) is 23.6 Å². The molecule has 2 rings (SSSR count). The average Bonchev–Trinajstić information content (AvgIpc) is 2.43. The monoisotopic (exact) mass is 271 g/mol. The summed E-state index contributed by atoms with van der Waals surface area (Å²) in [6.45, 7) is 1.53. The van der Waals surface area contributed by atoms with Crippen LogP contribution in [0.1, 0.15) is 21.7 Å². The van der Waals surface area contributed by atoms with Gasteiger partial charge in [0.15, 0.2) is 0 Å². The Balaban J connectivity index is 2.56. The summed E-state index contributed by atoms with van der Waals surface area (Å²) >= 11 is 0. The Morgan fingerprint density at radius 3 is 2.45 bits per heavy atom. The van der Waals surface area contributed by atoms with E-state index in [1.807, 2.05) is 0 Å². The van der Waals surface area contributed by atoms with Crippen LogP contribution in [0.4, 0.5) is 0 Å². The molecule has 0 aliphatic carbocycles. The Morgan fingerprint density at radius 1 is 1.25 bits per heavy atom. The molecule has 0 unspecified atom stereocenters. The number of rotatable bonds is 3. The number of Topliss-reactive ketones (excluding diaryl/α,β-unsaturated/α-hetero) is 1. The summed E-state index contributed by atoms with van der Waals surface area (Å²) in [4.78, 5) is 28.0. The summed E-state index contributed by atoms with van der Waals surface area (Å²) in [6, 6.07) is 9.69. The molecule has 1 aromatic carbocycles. The van der Waals surface area contributed by atoms with Crippen molar-refractivity contribution >= 4 is 11.5 Å². The Kier molecular flexibility index (Phi) is 3.79. The van der Waals surface area contributed by atoms with Gasteiger partial charge in [0.25, 0.3) is 0 Å². The number of aryl methyl sites for hydroxylation is 1. The molecule has 0 aliphatic heterocycles. The highest BCUT2D eigenvalue weighted by Crippen LogP contribution is 2.17. The lowest BCUT2D eigenvalue weighted by Crippen LogP contribution is -2.23. The molecule has 0 atom stereocenters. The second-order valence-corrected chi connectivity index (χ2v) is 4.17. The van der Waals surface area contributed by atoms with Crippen LogP contribution in [-0.2, 0) is 0 Å². The van der Waals surface area contributed by atoms with Crippen molar-refractivity contribution in [2.75, 3.05) is 7.05 Å². The molecule has 102 valence electrons. The van der Waals surface area contributed by atoms with E-state index < -0.39 is 11.4 Å². The van der Waals surface area contributed by atoms with E-state index in [4.69, 9.17) is 4.42 Å². The van der Waals surface area contributed by atoms with Gasteiger partial charge < -0.3 is 9.52 Å². The van der Waals surface area contributed by atoms with Crippen molar-refractivity contribution in [3.8, 4) is 5.75 Å². The third kappa shape index (κ3) is 2.51. The zero-order chi connectivity index (χ0) is 14.7. The Bertz CT molecular complexity index is 729. The molecule has 0 amide bonds. The van der Waals surface area contributed by atoms with Gasteiger partial charge in [-0.15, -0.1) is 0 Å². The van der Waals surface area contributed by atoms with Gasteiger partial charge in [-0.05, 0) is 6.92 Å². The van der Waals surface area contributed by atoms with Crippen LogP contribution < -0.4 is 5.63 Å². The molecular weight excluding hydrogens is 258 g/mol. The lowest BCUT2D eigenvalue weighted by Gasteiger charge is -2.06. The van der Waals surface area contributed by atoms with Crippen molar-refractivity contribution < 1.29 is 14.3 Å². The van der Waals surface area contributed by atoms with Gasteiger partial charge in [0.1, 0.15) is 22.8 Å². The molecule has 0 saturated carbocycles. The van der Waals surface area contributed by atoms with Gasteiger partial charge in [-0.1, -0.05) is 30.3 Å². The zero-order valence-electron chi connectivity index (χ0n) is 11.1. The largest absolute Gasteiger partial charge is 0.507 e. The van der Waals surface area contributed by atoms with Gasteiger partial charge in [0.2, 0.25) is 5.78 Å². The maximum Gasteiger partial charge on any atom is 0.349 e. The van der Waals surface area contributed by atoms with Crippen molar-refractivity contribution in [2.45, 2.75) is 6.92 Å². The number of benzene rings is 1. The lowest BCUT2D eigenvalue weighted by atomic mass is 10.0. The molecule has 5 nitrogen and oxygen atoms in total. The summed E-state index contributed by atoms with van der Waals surface area (Å²) in [5, 5.41) is 9.88. The normalized spacial score (nSPS) is 11.4. The molecule has 0 spiro atoms. The maximum atomic E-state index is 12.3. The average molecular weight is 271 g/mol. The smallest absolute Gasteiger partial charge is 0.349 e. The number of carbonyl (C=O) groups is 1. The summed E-state index contributed by atoms with van der Waals surface area (Å²) in [7, 11) is 1.38. The Labute approximate surface area is 115 Å². The highest BCUT2D eigenvalue weighted by atomic mass is 16.4. The van der Waals surface area contributed by atoms with Crippen LogP contribution in [0.15, 0.2) is 50.6 Å². The maximum absolute atomic E-state index is 12.3. The fourth-order valence-electron chi connectivity index (χ4n) is 1.87. The van der Waals surface area contributed by atoms with Crippen molar-refractivity contribution in [1.29, 1.82) is 0 Å². The number of aliphatic imine (C=N–C) groups is 1. The standard InChI is InChI=1S/C15H13NO4/c1-9-8-11(17)12(15(19)20-9)13(16-2)14(18)10-6-4-3-5-7-10/h3-8,17H,1-2H3. The fourth-order valence-corrected chi connectivity index (χ4v) is 1.87. The van der Waals surface area contributed by atoms with Gasteiger partial charge in [0, 0.05) is 18.7 Å². The van der Waals surface area contributed by atoms with E-state index >= 15 is 0 Å². The molecule has 0 aliphatic rings. The molecule has 0 bridgehead atoms. The third-order valence-electron chi connectivity index (χ3n) is 2.77. The van der Waals surface area contributed by atoms with Crippen molar-refractivity contribution in [3.63, 3.8) is 0 Å². The minimum Gasteiger partial charge on any atom is -0.507 e. The van der Waals surface area contributed by atoms with Gasteiger partial charge in [-0.3, -0.25) is 9.79 Å². The molecule has 20 heavy (non-hydrogen) atoms. The summed E-state index contributed by atoms with van der Waals surface area (Å²) < 4.78 is 4.91. The quantitative estimate of drug-likeness (QED) is 0.683. The zero-order valence-corrected chi connectivity index (χ0v) is 11.1. The van der Waals surface area contributed by atoms with E-state index in [-0.39, 0.29) is 22.8 Å². The van der Waals surface area contributed by atoms with Gasteiger partial charge in [0.05, 0.1) is 0 Å². The number of carbonyl (C=O) groups excluding carboxylic acids is 1. The predicted molar refractivity (Wildman–Crippen MR) is 74.6 cm³/mol. The van der Waals surface area contributed by atoms with E-state index in [1.165, 1.54) is 20.0 Å². The summed E-state index contributed by atoms with van der Waals surface area (Å²) in [6.07, 6.45) is 0. The number of hydrogen-bond acceptors (Lipinski definition) is 5. The summed E-state index contributed by atoms with van der Waals surface area (Å²) in [5.41, 5.74) is -0.741. The van der Waals surface area contributed by atoms with E-state index in [9.17, 15) is 14.7 Å². The minimum atomic E-state index is -0.785. The van der Waals surface area contributed by atoms with Crippen LogP contribution >= 0.6 is 0 Å². The van der Waals surface area contributed by atoms with Gasteiger partial charge in [-0.25, -0.2) is 4.79 Å². The van der Waals surface area contributed by atoms with Gasteiger partial charge >= 0.3 is 5.63 Å². The molecule has 0 radical (unpaired) electrons. The second-order valence-electron chi connectivity index (χ2n) is 4.17. The predicted octanol–water partition coefficient (Wildman–Crippen LogP) is 1.96. The number of hydrogen-bond donors (Lipinski definition) is 1. The molecule has 5 heteroatoms. The van der Waals surface area contributed by atoms with Crippen LogP contribution in [0.3, 0.4) is 0 Å². The van der Waals surface area contributed by atoms with E-state index in [1.54, 1.807) is 30.3 Å². The molecule has 1 N–H and O–H groups in total. The fraction of sp³-hybridized carbons (Fsp3) is 0.133. The van der Waals surface area contributed by atoms with Crippen molar-refractivity contribution in [2.24, 2.45) is 4.99 Å². The third-order valence-corrected chi connectivity index (χ3v) is 2.77. The topological polar surface area (TPSA) is 79.9 Å². The van der Waals surface area contributed by atoms with Crippen molar-refractivity contribution in [1.82, 2.24) is 0 Å². The molecule has 0 fully saturated rings. The summed E-state index contributed by atoms with van der Waals surface area (Å²) in [5.74, 6) is -0.498. The first-order valence-corrected chi connectivity index (χ1v) is 5.95. The first-order chi connectivity index (χ1) is 9.54. The van der Waals surface area contributed by atoms with Crippen LogP contribution in [0.5, 0.6) is 5.75 Å². The minimum absolute atomic E-state index is 0.123. The highest BCUT2D eigenvalue weighted by molar-refractivity contribution is 6.51. The molecule has 2 aromatic rings. The van der Waals surface area contributed by atoms with E-state index in [2.05, 4.69) is 4.99 Å². The molecule has 1 aromatic heterocycles. The number of aromatic hydroxyl groups is 1.